The monoisotopic (exact) mass is 982 g/mol. The summed E-state index contributed by atoms with van der Waals surface area (Å²) < 4.78 is 0. The zero-order valence-electron chi connectivity index (χ0n) is 43.1. The molecule has 0 saturated carbocycles. The second-order valence-electron chi connectivity index (χ2n) is 19.9. The standard InChI is InChI=1S/C73H48N2.C2H6/c1-3-19-51(20-4-1)74(55-43-45-63-61-27-10-9-25-59(61)57-23-7-8-24-58(57)60-26-11-12-28-62(60)68(63)47-55)53-39-35-49(36-40-53)50-37-41-54(42-38-50)75(52-21-5-2-6-22-52)56-44-46-67-66-31-15-18-34-71(66)73(72(67)48-56)69-32-16-13-29-64(69)65-30-14-17-33-70(65)73;1-2/h1-48H;1-2H3. The summed E-state index contributed by atoms with van der Waals surface area (Å²) in [6.07, 6.45) is 0. The summed E-state index contributed by atoms with van der Waals surface area (Å²) in [6.45, 7) is 4.00. The smallest absolute Gasteiger partial charge is 0.0726 e. The molecule has 0 aliphatic heterocycles. The van der Waals surface area contributed by atoms with Crippen LogP contribution in [-0.2, 0) is 5.41 Å². The van der Waals surface area contributed by atoms with Crippen molar-refractivity contribution in [2.45, 2.75) is 19.3 Å². The summed E-state index contributed by atoms with van der Waals surface area (Å²) in [7, 11) is 0. The Kier molecular flexibility index (Phi) is 11.2. The van der Waals surface area contributed by atoms with Gasteiger partial charge in [0.1, 0.15) is 0 Å². The Morgan fingerprint density at radius 3 is 0.844 bits per heavy atom. The molecular weight excluding hydrogens is 929 g/mol. The number of para-hydroxylation sites is 2. The van der Waals surface area contributed by atoms with Crippen LogP contribution in [0.4, 0.5) is 34.1 Å². The first-order valence-corrected chi connectivity index (χ1v) is 27.0. The molecule has 0 aromatic heterocycles. The van der Waals surface area contributed by atoms with Crippen molar-refractivity contribution in [2.75, 3.05) is 9.80 Å². The highest BCUT2D eigenvalue weighted by molar-refractivity contribution is 6.04. The molecule has 0 heterocycles. The van der Waals surface area contributed by atoms with Gasteiger partial charge in [0, 0.05) is 34.1 Å². The zero-order chi connectivity index (χ0) is 51.5. The maximum atomic E-state index is 2.47. The third-order valence-electron chi connectivity index (χ3n) is 16.1. The Balaban J connectivity index is 0.00000267. The Morgan fingerprint density at radius 2 is 0.455 bits per heavy atom. The first-order valence-electron chi connectivity index (χ1n) is 27.0. The van der Waals surface area contributed by atoms with Crippen LogP contribution >= 0.6 is 0 Å². The van der Waals surface area contributed by atoms with Crippen molar-refractivity contribution in [3.8, 4) is 77.9 Å². The van der Waals surface area contributed by atoms with Gasteiger partial charge in [-0.3, -0.25) is 0 Å². The second kappa shape index (κ2) is 18.9. The van der Waals surface area contributed by atoms with E-state index in [1.807, 2.05) is 13.8 Å². The SMILES string of the molecule is CC.c1ccc(N(c2ccc(-c3ccc(N(c4ccccc4)c4ccc5c(c4)C4(c6ccccc6-c6ccccc64)c4ccccc4-5)cc3)cc2)c2ccc3c(c2)-c2ccccc2-c2ccccc2-c2ccccc2-3)cc1. The van der Waals surface area contributed by atoms with Crippen molar-refractivity contribution in [2.24, 2.45) is 0 Å². The molecule has 77 heavy (non-hydrogen) atoms. The summed E-state index contributed by atoms with van der Waals surface area (Å²) in [5.74, 6) is 0. The van der Waals surface area contributed by atoms with Gasteiger partial charge < -0.3 is 9.80 Å². The summed E-state index contributed by atoms with van der Waals surface area (Å²) in [6, 6.07) is 107. The molecule has 2 heteroatoms. The summed E-state index contributed by atoms with van der Waals surface area (Å²) >= 11 is 0. The van der Waals surface area contributed by atoms with Crippen LogP contribution in [0.25, 0.3) is 77.9 Å². The van der Waals surface area contributed by atoms with Gasteiger partial charge in [-0.2, -0.15) is 0 Å². The van der Waals surface area contributed by atoms with Gasteiger partial charge >= 0.3 is 0 Å². The van der Waals surface area contributed by atoms with E-state index in [0.29, 0.717) is 0 Å². The molecule has 12 aromatic rings. The van der Waals surface area contributed by atoms with E-state index in [0.717, 1.165) is 45.3 Å². The molecule has 12 aromatic carbocycles. The first kappa shape index (κ1) is 45.8. The lowest BCUT2D eigenvalue weighted by Crippen LogP contribution is -2.26. The highest BCUT2D eigenvalue weighted by atomic mass is 15.1. The molecular formula is C75H54N2. The van der Waals surface area contributed by atoms with Crippen LogP contribution in [0.3, 0.4) is 0 Å². The molecule has 1 spiro atoms. The fourth-order valence-corrected chi connectivity index (χ4v) is 12.9. The molecule has 0 N–H and O–H groups in total. The van der Waals surface area contributed by atoms with Crippen LogP contribution in [-0.4, -0.2) is 0 Å². The van der Waals surface area contributed by atoms with E-state index >= 15 is 0 Å². The lowest BCUT2D eigenvalue weighted by molar-refractivity contribution is 0.793. The molecule has 0 unspecified atom stereocenters. The third-order valence-corrected chi connectivity index (χ3v) is 16.1. The highest BCUT2D eigenvalue weighted by Gasteiger charge is 2.51. The number of rotatable bonds is 7. The number of benzene rings is 12. The van der Waals surface area contributed by atoms with Gasteiger partial charge in [-0.25, -0.2) is 0 Å². The summed E-state index contributed by atoms with van der Waals surface area (Å²) in [5.41, 5.74) is 29.0. The summed E-state index contributed by atoms with van der Waals surface area (Å²) in [4.78, 5) is 4.79. The molecule has 0 atom stereocenters. The van der Waals surface area contributed by atoms with Crippen molar-refractivity contribution in [1.29, 1.82) is 0 Å². The predicted molar refractivity (Wildman–Crippen MR) is 324 cm³/mol. The summed E-state index contributed by atoms with van der Waals surface area (Å²) in [5, 5.41) is 0. The molecule has 3 aliphatic carbocycles. The lowest BCUT2D eigenvalue weighted by atomic mass is 9.70. The molecule has 364 valence electrons. The number of hydrogen-bond donors (Lipinski definition) is 0. The maximum Gasteiger partial charge on any atom is 0.0726 e. The van der Waals surface area contributed by atoms with Crippen LogP contribution in [0, 0.1) is 0 Å². The van der Waals surface area contributed by atoms with Crippen LogP contribution in [0.2, 0.25) is 0 Å². The zero-order valence-corrected chi connectivity index (χ0v) is 43.1. The van der Waals surface area contributed by atoms with E-state index < -0.39 is 5.41 Å². The van der Waals surface area contributed by atoms with Gasteiger partial charge in [0.05, 0.1) is 5.41 Å². The third kappa shape index (κ3) is 7.25. The predicted octanol–water partition coefficient (Wildman–Crippen LogP) is 20.6. The van der Waals surface area contributed by atoms with Crippen molar-refractivity contribution >= 4 is 34.1 Å². The fourth-order valence-electron chi connectivity index (χ4n) is 12.9. The van der Waals surface area contributed by atoms with E-state index in [4.69, 9.17) is 0 Å². The minimum atomic E-state index is -0.424. The van der Waals surface area contributed by atoms with Crippen molar-refractivity contribution in [1.82, 2.24) is 0 Å². The van der Waals surface area contributed by atoms with E-state index in [1.54, 1.807) is 0 Å². The molecule has 0 radical (unpaired) electrons. The van der Waals surface area contributed by atoms with Gasteiger partial charge in [-0.15, -0.1) is 0 Å². The molecule has 3 aliphatic rings. The molecule has 0 bridgehead atoms. The van der Waals surface area contributed by atoms with Gasteiger partial charge in [0.25, 0.3) is 0 Å². The average molecular weight is 983 g/mol. The Hall–Kier alpha value is -9.76. The van der Waals surface area contributed by atoms with Crippen LogP contribution in [0.5, 0.6) is 0 Å². The number of fused-ring (bicyclic) bond motifs is 18. The average Bonchev–Trinajstić information content (AvgIpc) is 4.13. The lowest BCUT2D eigenvalue weighted by Gasteiger charge is -2.32. The highest BCUT2D eigenvalue weighted by Crippen LogP contribution is 2.63. The van der Waals surface area contributed by atoms with Gasteiger partial charge in [0.2, 0.25) is 0 Å². The molecule has 0 saturated heterocycles. The second-order valence-corrected chi connectivity index (χ2v) is 19.9. The number of nitrogens with zero attached hydrogens (tertiary/aromatic N) is 2. The molecule has 15 rings (SSSR count). The number of anilines is 6. The Labute approximate surface area is 452 Å². The van der Waals surface area contributed by atoms with Gasteiger partial charge in [0.15, 0.2) is 0 Å². The van der Waals surface area contributed by atoms with Gasteiger partial charge in [-0.1, -0.05) is 232 Å². The van der Waals surface area contributed by atoms with Crippen molar-refractivity contribution in [3.05, 3.63) is 313 Å². The Morgan fingerprint density at radius 1 is 0.195 bits per heavy atom. The van der Waals surface area contributed by atoms with Crippen molar-refractivity contribution < 1.29 is 0 Å². The first-order chi connectivity index (χ1) is 38.2. The van der Waals surface area contributed by atoms with E-state index in [2.05, 4.69) is 301 Å². The molecule has 2 nitrogen and oxygen atoms in total. The number of hydrogen-bond acceptors (Lipinski definition) is 2. The van der Waals surface area contributed by atoms with E-state index in [1.165, 1.54) is 89.0 Å². The largest absolute Gasteiger partial charge is 0.310 e. The van der Waals surface area contributed by atoms with E-state index in [-0.39, 0.29) is 0 Å². The minimum Gasteiger partial charge on any atom is -0.310 e. The quantitative estimate of drug-likeness (QED) is 0.157. The topological polar surface area (TPSA) is 6.48 Å². The van der Waals surface area contributed by atoms with Crippen LogP contribution in [0.1, 0.15) is 36.1 Å². The fraction of sp³-hybridized carbons (Fsp3) is 0.0400. The van der Waals surface area contributed by atoms with Crippen molar-refractivity contribution in [3.63, 3.8) is 0 Å². The van der Waals surface area contributed by atoms with Crippen LogP contribution < -0.4 is 9.80 Å². The normalized spacial score (nSPS) is 12.4. The van der Waals surface area contributed by atoms with Gasteiger partial charge in [-0.05, 0) is 173 Å². The minimum absolute atomic E-state index is 0.424. The Bertz CT molecular complexity index is 4100. The molecule has 0 fully saturated rings. The van der Waals surface area contributed by atoms with Crippen LogP contribution in [0.15, 0.2) is 291 Å². The van der Waals surface area contributed by atoms with E-state index in [9.17, 15) is 0 Å². The maximum absolute atomic E-state index is 2.47. The molecule has 0 amide bonds.